The SMILES string of the molecule is COc1ccc([C@H](CNc2c(NCc3ccco3)c(=O)c2=O)N2CCCC2)cc1. The Labute approximate surface area is 169 Å². The number of nitrogens with zero attached hydrogens (tertiary/aromatic N) is 1. The van der Waals surface area contributed by atoms with Gasteiger partial charge < -0.3 is 19.8 Å². The third kappa shape index (κ3) is 4.05. The zero-order valence-corrected chi connectivity index (χ0v) is 16.4. The first-order valence-corrected chi connectivity index (χ1v) is 9.89. The van der Waals surface area contributed by atoms with E-state index in [1.807, 2.05) is 18.2 Å². The van der Waals surface area contributed by atoms with Crippen LogP contribution in [0.5, 0.6) is 5.75 Å². The average Bonchev–Trinajstić information content (AvgIpc) is 3.47. The molecule has 1 saturated heterocycles. The van der Waals surface area contributed by atoms with E-state index in [1.54, 1.807) is 19.4 Å². The fourth-order valence-corrected chi connectivity index (χ4v) is 3.85. The van der Waals surface area contributed by atoms with Crippen LogP contribution in [-0.2, 0) is 6.54 Å². The second-order valence-corrected chi connectivity index (χ2v) is 7.25. The van der Waals surface area contributed by atoms with Crippen LogP contribution in [0, 0.1) is 0 Å². The van der Waals surface area contributed by atoms with Crippen molar-refractivity contribution in [2.75, 3.05) is 37.4 Å². The smallest absolute Gasteiger partial charge is 0.253 e. The minimum atomic E-state index is -0.485. The molecule has 1 atom stereocenters. The summed E-state index contributed by atoms with van der Waals surface area (Å²) in [6.07, 6.45) is 3.92. The summed E-state index contributed by atoms with van der Waals surface area (Å²) in [7, 11) is 1.65. The molecule has 1 fully saturated rings. The second kappa shape index (κ2) is 8.53. The predicted octanol–water partition coefficient (Wildman–Crippen LogP) is 2.75. The van der Waals surface area contributed by atoms with Gasteiger partial charge in [0.1, 0.15) is 22.9 Å². The van der Waals surface area contributed by atoms with E-state index < -0.39 is 10.9 Å². The molecule has 2 heterocycles. The number of furan rings is 1. The van der Waals surface area contributed by atoms with Crippen LogP contribution in [0.3, 0.4) is 0 Å². The summed E-state index contributed by atoms with van der Waals surface area (Å²) >= 11 is 0. The molecule has 0 amide bonds. The normalized spacial score (nSPS) is 15.5. The van der Waals surface area contributed by atoms with E-state index in [-0.39, 0.29) is 6.04 Å². The predicted molar refractivity (Wildman–Crippen MR) is 112 cm³/mol. The topological polar surface area (TPSA) is 83.8 Å². The Morgan fingerprint density at radius 3 is 2.34 bits per heavy atom. The number of nitrogens with one attached hydrogen (secondary N) is 2. The van der Waals surface area contributed by atoms with Crippen LogP contribution >= 0.6 is 0 Å². The maximum Gasteiger partial charge on any atom is 0.253 e. The van der Waals surface area contributed by atoms with Crippen molar-refractivity contribution in [1.29, 1.82) is 0 Å². The van der Waals surface area contributed by atoms with E-state index in [0.717, 1.165) is 24.4 Å². The van der Waals surface area contributed by atoms with Gasteiger partial charge >= 0.3 is 0 Å². The van der Waals surface area contributed by atoms with Crippen LogP contribution in [0.25, 0.3) is 0 Å². The van der Waals surface area contributed by atoms with Gasteiger partial charge in [0.05, 0.1) is 26.0 Å². The minimum Gasteiger partial charge on any atom is -0.497 e. The van der Waals surface area contributed by atoms with Crippen molar-refractivity contribution < 1.29 is 9.15 Å². The lowest BCUT2D eigenvalue weighted by atomic mass is 10.0. The van der Waals surface area contributed by atoms with Crippen molar-refractivity contribution in [3.05, 3.63) is 74.4 Å². The Morgan fingerprint density at radius 2 is 1.72 bits per heavy atom. The summed E-state index contributed by atoms with van der Waals surface area (Å²) in [4.78, 5) is 26.5. The highest BCUT2D eigenvalue weighted by atomic mass is 16.5. The van der Waals surface area contributed by atoms with Gasteiger partial charge in [0.25, 0.3) is 10.9 Å². The summed E-state index contributed by atoms with van der Waals surface area (Å²) < 4.78 is 10.5. The van der Waals surface area contributed by atoms with Gasteiger partial charge in [0.2, 0.25) is 0 Å². The van der Waals surface area contributed by atoms with Gasteiger partial charge in [0, 0.05) is 6.54 Å². The molecule has 1 aromatic heterocycles. The van der Waals surface area contributed by atoms with Gasteiger partial charge in [-0.05, 0) is 55.8 Å². The zero-order valence-electron chi connectivity index (χ0n) is 16.4. The summed E-state index contributed by atoms with van der Waals surface area (Å²) in [5.41, 5.74) is 0.896. The number of hydrogen-bond acceptors (Lipinski definition) is 7. The first kappa shape index (κ1) is 19.3. The fraction of sp³-hybridized carbons (Fsp3) is 0.364. The molecular formula is C22H25N3O4. The number of hydrogen-bond donors (Lipinski definition) is 2. The number of ether oxygens (including phenoxy) is 1. The molecule has 2 aromatic carbocycles. The molecule has 4 rings (SSSR count). The molecule has 0 spiro atoms. The number of likely N-dealkylation sites (tertiary alicyclic amines) is 1. The highest BCUT2D eigenvalue weighted by molar-refractivity contribution is 5.74. The number of methoxy groups -OCH3 is 1. The van der Waals surface area contributed by atoms with E-state index in [1.165, 1.54) is 12.8 Å². The molecule has 3 aromatic rings. The standard InChI is InChI=1S/C22H25N3O4/c1-28-16-8-6-15(7-9-16)18(25-10-2-3-11-25)14-24-20-19(21(26)22(20)27)23-13-17-5-4-12-29-17/h4-9,12,18,23-24H,2-3,10-11,13-14H2,1H3/t18-/m0/s1. The molecule has 1 aliphatic rings. The summed E-state index contributed by atoms with van der Waals surface area (Å²) in [5, 5.41) is 6.25. The van der Waals surface area contributed by atoms with Gasteiger partial charge in [-0.15, -0.1) is 0 Å². The first-order chi connectivity index (χ1) is 14.2. The molecule has 1 aliphatic heterocycles. The largest absolute Gasteiger partial charge is 0.497 e. The highest BCUT2D eigenvalue weighted by Gasteiger charge is 2.26. The highest BCUT2D eigenvalue weighted by Crippen LogP contribution is 2.28. The number of anilines is 2. The van der Waals surface area contributed by atoms with Gasteiger partial charge in [-0.25, -0.2) is 0 Å². The van der Waals surface area contributed by atoms with Crippen molar-refractivity contribution in [3.8, 4) is 5.75 Å². The Morgan fingerprint density at radius 1 is 1.03 bits per heavy atom. The Kier molecular flexibility index (Phi) is 5.67. The van der Waals surface area contributed by atoms with Crippen molar-refractivity contribution in [3.63, 3.8) is 0 Å². The third-order valence-corrected chi connectivity index (χ3v) is 5.48. The summed E-state index contributed by atoms with van der Waals surface area (Å²) in [6.45, 7) is 2.95. The Balaban J connectivity index is 1.48. The lowest BCUT2D eigenvalue weighted by Gasteiger charge is -2.29. The number of rotatable bonds is 9. The van der Waals surface area contributed by atoms with E-state index in [4.69, 9.17) is 9.15 Å². The maximum absolute atomic E-state index is 12.1. The third-order valence-electron chi connectivity index (χ3n) is 5.48. The van der Waals surface area contributed by atoms with Gasteiger partial charge in [-0.3, -0.25) is 14.5 Å². The summed E-state index contributed by atoms with van der Waals surface area (Å²) in [5.74, 6) is 1.52. The second-order valence-electron chi connectivity index (χ2n) is 7.25. The maximum atomic E-state index is 12.1. The van der Waals surface area contributed by atoms with Crippen LogP contribution < -0.4 is 26.2 Å². The van der Waals surface area contributed by atoms with Crippen LogP contribution in [-0.4, -0.2) is 31.6 Å². The van der Waals surface area contributed by atoms with E-state index in [2.05, 4.69) is 27.7 Å². The molecule has 0 radical (unpaired) electrons. The van der Waals surface area contributed by atoms with Crippen molar-refractivity contribution in [2.45, 2.75) is 25.4 Å². The van der Waals surface area contributed by atoms with Gasteiger partial charge in [-0.2, -0.15) is 0 Å². The van der Waals surface area contributed by atoms with Gasteiger partial charge in [0.15, 0.2) is 0 Å². The fourth-order valence-electron chi connectivity index (χ4n) is 3.85. The van der Waals surface area contributed by atoms with E-state index in [0.29, 0.717) is 30.2 Å². The average molecular weight is 395 g/mol. The molecule has 7 heteroatoms. The van der Waals surface area contributed by atoms with Crippen molar-refractivity contribution in [1.82, 2.24) is 4.90 Å². The van der Waals surface area contributed by atoms with Crippen LogP contribution in [0.15, 0.2) is 56.7 Å². The van der Waals surface area contributed by atoms with Crippen LogP contribution in [0.2, 0.25) is 0 Å². The molecule has 0 bridgehead atoms. The lowest BCUT2D eigenvalue weighted by molar-refractivity contribution is 0.256. The van der Waals surface area contributed by atoms with Crippen molar-refractivity contribution >= 4 is 11.4 Å². The van der Waals surface area contributed by atoms with Gasteiger partial charge in [-0.1, -0.05) is 12.1 Å². The quantitative estimate of drug-likeness (QED) is 0.539. The summed E-state index contributed by atoms with van der Waals surface area (Å²) in [6, 6.07) is 11.7. The lowest BCUT2D eigenvalue weighted by Crippen LogP contribution is -2.39. The molecule has 152 valence electrons. The van der Waals surface area contributed by atoms with Crippen LogP contribution in [0.4, 0.5) is 11.4 Å². The molecule has 7 nitrogen and oxygen atoms in total. The van der Waals surface area contributed by atoms with E-state index >= 15 is 0 Å². The Hall–Kier alpha value is -3.06. The first-order valence-electron chi connectivity index (χ1n) is 9.89. The molecular weight excluding hydrogens is 370 g/mol. The molecule has 2 N–H and O–H groups in total. The van der Waals surface area contributed by atoms with Crippen molar-refractivity contribution in [2.24, 2.45) is 0 Å². The van der Waals surface area contributed by atoms with Crippen LogP contribution in [0.1, 0.15) is 30.2 Å². The Bertz CT molecular complexity index is 998. The minimum absolute atomic E-state index is 0.116. The zero-order chi connectivity index (χ0) is 20.2. The molecule has 29 heavy (non-hydrogen) atoms. The van der Waals surface area contributed by atoms with E-state index in [9.17, 15) is 9.59 Å². The number of benzene rings is 1. The molecule has 0 unspecified atom stereocenters. The molecule has 0 aliphatic carbocycles. The molecule has 0 saturated carbocycles. The monoisotopic (exact) mass is 395 g/mol.